The van der Waals surface area contributed by atoms with Gasteiger partial charge in [0.25, 0.3) is 0 Å². The summed E-state index contributed by atoms with van der Waals surface area (Å²) in [6.45, 7) is 0.247. The van der Waals surface area contributed by atoms with Gasteiger partial charge in [-0.2, -0.15) is 0 Å². The van der Waals surface area contributed by atoms with Gasteiger partial charge >= 0.3 is 83.9 Å². The van der Waals surface area contributed by atoms with E-state index in [1.807, 2.05) is 30.3 Å². The summed E-state index contributed by atoms with van der Waals surface area (Å²) in [5, 5.41) is 0. The number of hydrogen-bond donors (Lipinski definition) is 0. The van der Waals surface area contributed by atoms with Gasteiger partial charge in [-0.15, -0.1) is 0 Å². The first-order chi connectivity index (χ1) is 6.29. The minimum absolute atomic E-state index is 0.0138. The van der Waals surface area contributed by atoms with E-state index in [4.69, 9.17) is 0 Å². The van der Waals surface area contributed by atoms with Crippen LogP contribution in [-0.2, 0) is 4.79 Å². The van der Waals surface area contributed by atoms with Crippen molar-refractivity contribution >= 4 is 32.3 Å². The van der Waals surface area contributed by atoms with Gasteiger partial charge in [-0.25, -0.2) is 0 Å². The second-order valence-electron chi connectivity index (χ2n) is 2.66. The molecule has 0 N–H and O–H groups in total. The SMILES string of the molecule is O=C1CN=C([Se])N1c1ccccc1. The minimum atomic E-state index is 0.0138. The van der Waals surface area contributed by atoms with Gasteiger partial charge in [-0.05, 0) is 0 Å². The fourth-order valence-corrected chi connectivity index (χ4v) is 1.79. The van der Waals surface area contributed by atoms with E-state index in [-0.39, 0.29) is 12.5 Å². The zero-order chi connectivity index (χ0) is 9.26. The van der Waals surface area contributed by atoms with Crippen LogP contribution < -0.4 is 4.90 Å². The Balaban J connectivity index is 2.36. The van der Waals surface area contributed by atoms with Crippen LogP contribution in [0.25, 0.3) is 0 Å². The second kappa shape index (κ2) is 3.32. The maximum atomic E-state index is 11.4. The number of carbonyl (C=O) groups is 1. The first-order valence-corrected chi connectivity index (χ1v) is 4.74. The van der Waals surface area contributed by atoms with Crippen LogP contribution in [0.15, 0.2) is 35.3 Å². The zero-order valence-electron chi connectivity index (χ0n) is 6.80. The van der Waals surface area contributed by atoms with Crippen LogP contribution in [0.3, 0.4) is 0 Å². The van der Waals surface area contributed by atoms with E-state index in [1.165, 1.54) is 0 Å². The quantitative estimate of drug-likeness (QED) is 0.658. The molecule has 0 unspecified atom stereocenters. The van der Waals surface area contributed by atoms with Crippen molar-refractivity contribution in [2.24, 2.45) is 4.99 Å². The van der Waals surface area contributed by atoms with Gasteiger partial charge in [0.2, 0.25) is 0 Å². The fraction of sp³-hybridized carbons (Fsp3) is 0.111. The Bertz CT molecular complexity index is 361. The molecule has 0 bridgehead atoms. The molecule has 1 heterocycles. The van der Waals surface area contributed by atoms with Crippen LogP contribution in [0, 0.1) is 0 Å². The molecule has 1 aromatic rings. The number of rotatable bonds is 1. The molecule has 1 aromatic carbocycles. The summed E-state index contributed by atoms with van der Waals surface area (Å²) in [4.78, 5) is 17.0. The number of benzene rings is 1. The zero-order valence-corrected chi connectivity index (χ0v) is 8.52. The summed E-state index contributed by atoms with van der Waals surface area (Å²) >= 11 is 2.77. The monoisotopic (exact) mass is 239 g/mol. The average Bonchev–Trinajstić information content (AvgIpc) is 2.48. The Kier molecular flexibility index (Phi) is 2.17. The summed E-state index contributed by atoms with van der Waals surface area (Å²) in [5.41, 5.74) is 0.863. The van der Waals surface area contributed by atoms with Gasteiger partial charge in [0.1, 0.15) is 0 Å². The van der Waals surface area contributed by atoms with Crippen LogP contribution >= 0.6 is 0 Å². The topological polar surface area (TPSA) is 32.7 Å². The number of hydrogen-bond acceptors (Lipinski definition) is 2. The van der Waals surface area contributed by atoms with Gasteiger partial charge in [-0.1, -0.05) is 0 Å². The van der Waals surface area contributed by atoms with Crippen molar-refractivity contribution in [3.8, 4) is 0 Å². The van der Waals surface area contributed by atoms with Gasteiger partial charge in [0, 0.05) is 0 Å². The molecule has 0 atom stereocenters. The summed E-state index contributed by atoms with van der Waals surface area (Å²) in [6.07, 6.45) is 0. The predicted octanol–water partition coefficient (Wildman–Crippen LogP) is 0.558. The number of nitrogens with zero attached hydrogens (tertiary/aromatic N) is 2. The van der Waals surface area contributed by atoms with Crippen molar-refractivity contribution in [3.05, 3.63) is 30.3 Å². The van der Waals surface area contributed by atoms with Crippen molar-refractivity contribution in [1.82, 2.24) is 0 Å². The van der Waals surface area contributed by atoms with Crippen LogP contribution in [0.5, 0.6) is 0 Å². The Hall–Kier alpha value is -1.12. The van der Waals surface area contributed by atoms with E-state index in [9.17, 15) is 4.79 Å². The molecule has 0 aromatic heterocycles. The van der Waals surface area contributed by atoms with E-state index in [1.54, 1.807) is 4.90 Å². The summed E-state index contributed by atoms with van der Waals surface area (Å²) in [7, 11) is 0. The van der Waals surface area contributed by atoms with Crippen molar-refractivity contribution in [1.29, 1.82) is 0 Å². The van der Waals surface area contributed by atoms with Gasteiger partial charge in [0.15, 0.2) is 0 Å². The van der Waals surface area contributed by atoms with Crippen molar-refractivity contribution in [2.45, 2.75) is 0 Å². The number of amidine groups is 1. The number of anilines is 1. The molecule has 0 saturated carbocycles. The number of para-hydroxylation sites is 1. The molecule has 0 spiro atoms. The van der Waals surface area contributed by atoms with E-state index < -0.39 is 0 Å². The molecule has 65 valence electrons. The van der Waals surface area contributed by atoms with Gasteiger partial charge < -0.3 is 0 Å². The Morgan fingerprint density at radius 3 is 2.54 bits per heavy atom. The van der Waals surface area contributed by atoms with Crippen molar-refractivity contribution < 1.29 is 4.79 Å². The van der Waals surface area contributed by atoms with E-state index in [0.29, 0.717) is 4.73 Å². The van der Waals surface area contributed by atoms with Crippen LogP contribution in [-0.4, -0.2) is 33.2 Å². The van der Waals surface area contributed by atoms with Gasteiger partial charge in [-0.3, -0.25) is 0 Å². The van der Waals surface area contributed by atoms with Crippen molar-refractivity contribution in [3.63, 3.8) is 0 Å². The first-order valence-electron chi connectivity index (χ1n) is 3.88. The van der Waals surface area contributed by atoms with Crippen LogP contribution in [0.2, 0.25) is 0 Å². The molecule has 4 heteroatoms. The average molecular weight is 238 g/mol. The molecule has 0 aliphatic carbocycles. The molecule has 1 aliphatic rings. The van der Waals surface area contributed by atoms with Crippen molar-refractivity contribution in [2.75, 3.05) is 11.4 Å². The number of amides is 1. The summed E-state index contributed by atoms with van der Waals surface area (Å²) in [5.74, 6) is 0.0138. The van der Waals surface area contributed by atoms with E-state index >= 15 is 0 Å². The number of aliphatic imine (C=N–C) groups is 1. The molecule has 3 nitrogen and oxygen atoms in total. The van der Waals surface area contributed by atoms with Gasteiger partial charge in [0.05, 0.1) is 0 Å². The molecule has 13 heavy (non-hydrogen) atoms. The Morgan fingerprint density at radius 1 is 1.31 bits per heavy atom. The standard InChI is InChI=1S/C9H7N2OSe/c12-8-6-10-9(13)11(8)7-4-2-1-3-5-7/h1-5H,6H2. The molecule has 2 rings (SSSR count). The molecular formula is C9H7N2OSe. The third kappa shape index (κ3) is 1.50. The van der Waals surface area contributed by atoms with Crippen LogP contribution in [0.1, 0.15) is 0 Å². The maximum absolute atomic E-state index is 11.4. The summed E-state index contributed by atoms with van der Waals surface area (Å²) < 4.78 is 0.649. The molecule has 1 aliphatic heterocycles. The molecular weight excluding hydrogens is 231 g/mol. The fourth-order valence-electron chi connectivity index (χ4n) is 1.21. The third-order valence-corrected chi connectivity index (χ3v) is 2.46. The molecule has 0 fully saturated rings. The second-order valence-corrected chi connectivity index (χ2v) is 3.43. The third-order valence-electron chi connectivity index (χ3n) is 1.80. The first kappa shape index (κ1) is 8.48. The van der Waals surface area contributed by atoms with E-state index in [0.717, 1.165) is 5.69 Å². The summed E-state index contributed by atoms with van der Waals surface area (Å²) in [6, 6.07) is 9.48. The molecule has 1 radical (unpaired) electrons. The van der Waals surface area contributed by atoms with Crippen LogP contribution in [0.4, 0.5) is 5.69 Å². The molecule has 0 saturated heterocycles. The Labute approximate surface area is 84.3 Å². The van der Waals surface area contributed by atoms with E-state index in [2.05, 4.69) is 21.0 Å². The predicted molar refractivity (Wildman–Crippen MR) is 52.0 cm³/mol. The Morgan fingerprint density at radius 2 is 2.00 bits per heavy atom. The molecule has 1 amide bonds. The normalized spacial score (nSPS) is 16.2. The number of carbonyl (C=O) groups excluding carboxylic acids is 1.